The number of carboxylic acid groups (broad SMARTS) is 2. The van der Waals surface area contributed by atoms with Crippen LogP contribution in [0.15, 0.2) is 78.9 Å². The predicted molar refractivity (Wildman–Crippen MR) is 156 cm³/mol. The lowest BCUT2D eigenvalue weighted by molar-refractivity contribution is -0.137. The van der Waals surface area contributed by atoms with Gasteiger partial charge in [0.25, 0.3) is 0 Å². The van der Waals surface area contributed by atoms with Crippen LogP contribution in [0.5, 0.6) is 5.75 Å². The Labute approximate surface area is 235 Å². The Bertz CT molecular complexity index is 1260. The summed E-state index contributed by atoms with van der Waals surface area (Å²) in [5.74, 6) is -0.754. The summed E-state index contributed by atoms with van der Waals surface area (Å²) in [7, 11) is 0. The van der Waals surface area contributed by atoms with Gasteiger partial charge < -0.3 is 24.6 Å². The molecule has 0 amide bonds. The molecule has 3 aromatic carbocycles. The summed E-state index contributed by atoms with van der Waals surface area (Å²) < 4.78 is 11.7. The molecule has 40 heavy (non-hydrogen) atoms. The summed E-state index contributed by atoms with van der Waals surface area (Å²) in [6.45, 7) is 3.79. The smallest absolute Gasteiger partial charge is 0.335 e. The Morgan fingerprint density at radius 2 is 1.60 bits per heavy atom. The summed E-state index contributed by atoms with van der Waals surface area (Å²) in [6, 6.07) is 23.4. The number of morpholine rings is 1. The van der Waals surface area contributed by atoms with Gasteiger partial charge in [0.2, 0.25) is 0 Å². The van der Waals surface area contributed by atoms with E-state index in [-0.39, 0.29) is 17.9 Å². The van der Waals surface area contributed by atoms with Crippen LogP contribution in [-0.4, -0.2) is 48.5 Å². The third-order valence-corrected chi connectivity index (χ3v) is 7.09. The maximum atomic E-state index is 11.2. The van der Waals surface area contributed by atoms with E-state index >= 15 is 0 Å². The Kier molecular flexibility index (Phi) is 10.8. The highest BCUT2D eigenvalue weighted by atomic mass is 16.5. The van der Waals surface area contributed by atoms with Gasteiger partial charge in [0.15, 0.2) is 0 Å². The zero-order valence-electron chi connectivity index (χ0n) is 22.7. The average Bonchev–Trinajstić information content (AvgIpc) is 2.98. The molecule has 4 rings (SSSR count). The van der Waals surface area contributed by atoms with Crippen molar-refractivity contribution in [3.8, 4) is 5.75 Å². The number of hydrogen-bond donors (Lipinski definition) is 2. The Morgan fingerprint density at radius 1 is 0.900 bits per heavy atom. The molecule has 0 radical (unpaired) electrons. The van der Waals surface area contributed by atoms with Gasteiger partial charge in [-0.1, -0.05) is 61.0 Å². The first kappa shape index (κ1) is 28.9. The van der Waals surface area contributed by atoms with Crippen LogP contribution < -0.4 is 9.64 Å². The number of anilines is 1. The maximum absolute atomic E-state index is 11.2. The Morgan fingerprint density at radius 3 is 2.30 bits per heavy atom. The quantitative estimate of drug-likeness (QED) is 0.230. The highest BCUT2D eigenvalue weighted by Crippen LogP contribution is 2.25. The summed E-state index contributed by atoms with van der Waals surface area (Å²) >= 11 is 0. The highest BCUT2D eigenvalue weighted by molar-refractivity contribution is 5.87. The van der Waals surface area contributed by atoms with Gasteiger partial charge in [-0.05, 0) is 66.6 Å². The number of rotatable bonds is 14. The fourth-order valence-electron chi connectivity index (χ4n) is 4.81. The number of aromatic carboxylic acids is 1. The van der Waals surface area contributed by atoms with Crippen molar-refractivity contribution in [1.82, 2.24) is 0 Å². The molecule has 7 nitrogen and oxygen atoms in total. The second-order valence-electron chi connectivity index (χ2n) is 10.1. The van der Waals surface area contributed by atoms with E-state index in [1.807, 2.05) is 36.4 Å². The fourth-order valence-corrected chi connectivity index (χ4v) is 4.81. The summed E-state index contributed by atoms with van der Waals surface area (Å²) in [6.07, 6.45) is 7.39. The first-order valence-corrected chi connectivity index (χ1v) is 13.8. The second-order valence-corrected chi connectivity index (χ2v) is 10.1. The normalized spacial score (nSPS) is 14.2. The van der Waals surface area contributed by atoms with Crippen molar-refractivity contribution in [1.29, 1.82) is 0 Å². The number of carbonyl (C=O) groups is 2. The third-order valence-electron chi connectivity index (χ3n) is 7.09. The molecule has 1 fully saturated rings. The lowest BCUT2D eigenvalue weighted by Gasteiger charge is -2.28. The fraction of sp³-hybridized carbons (Fsp3) is 0.333. The van der Waals surface area contributed by atoms with Gasteiger partial charge in [0.1, 0.15) is 12.4 Å². The number of hydrogen-bond acceptors (Lipinski definition) is 5. The molecule has 1 aliphatic rings. The first-order valence-electron chi connectivity index (χ1n) is 13.8. The van der Waals surface area contributed by atoms with Gasteiger partial charge in [0, 0.05) is 30.8 Å². The number of unbranched alkanes of at least 4 members (excludes halogenated alkanes) is 1. The summed E-state index contributed by atoms with van der Waals surface area (Å²) in [5, 5.41) is 18.2. The van der Waals surface area contributed by atoms with Crippen LogP contribution in [0.25, 0.3) is 6.08 Å². The van der Waals surface area contributed by atoms with Gasteiger partial charge in [-0.3, -0.25) is 4.79 Å². The standard InChI is InChI=1S/C33H37NO6/c35-32(36)8-4-1-5-25(23-26-10-15-29(16-11-26)33(37)38)9-14-28-6-2-3-7-31(28)40-24-27-12-17-30(18-13-27)34-19-21-39-22-20-34/h2-3,6-7,9-18,25H,1,4-5,8,19-24H2,(H,35,36)(H,37,38)/b14-9+. The topological polar surface area (TPSA) is 96.3 Å². The molecule has 0 aromatic heterocycles. The number of ether oxygens (including phenoxy) is 2. The van der Waals surface area contributed by atoms with Gasteiger partial charge in [-0.2, -0.15) is 0 Å². The molecule has 2 N–H and O–H groups in total. The molecule has 1 heterocycles. The van der Waals surface area contributed by atoms with Crippen molar-refractivity contribution in [2.24, 2.45) is 5.92 Å². The number of para-hydroxylation sites is 1. The molecule has 0 saturated carbocycles. The van der Waals surface area contributed by atoms with Gasteiger partial charge in [0.05, 0.1) is 18.8 Å². The number of benzene rings is 3. The monoisotopic (exact) mass is 543 g/mol. The lowest BCUT2D eigenvalue weighted by Crippen LogP contribution is -2.36. The van der Waals surface area contributed by atoms with E-state index in [1.54, 1.807) is 12.1 Å². The van der Waals surface area contributed by atoms with Crippen LogP contribution in [0.3, 0.4) is 0 Å². The van der Waals surface area contributed by atoms with Crippen molar-refractivity contribution in [3.05, 3.63) is 101 Å². The predicted octanol–water partition coefficient (Wildman–Crippen LogP) is 6.32. The largest absolute Gasteiger partial charge is 0.488 e. The second kappa shape index (κ2) is 14.9. The third kappa shape index (κ3) is 8.99. The molecule has 0 spiro atoms. The number of carboxylic acids is 2. The van der Waals surface area contributed by atoms with Crippen LogP contribution in [0.4, 0.5) is 5.69 Å². The van der Waals surface area contributed by atoms with Crippen molar-refractivity contribution < 1.29 is 29.3 Å². The van der Waals surface area contributed by atoms with E-state index in [0.29, 0.717) is 13.0 Å². The maximum Gasteiger partial charge on any atom is 0.335 e. The first-order chi connectivity index (χ1) is 19.5. The van der Waals surface area contributed by atoms with E-state index in [2.05, 4.69) is 41.3 Å². The molecule has 0 aliphatic carbocycles. The van der Waals surface area contributed by atoms with E-state index in [1.165, 1.54) is 5.69 Å². The van der Waals surface area contributed by atoms with Crippen LogP contribution in [0, 0.1) is 5.92 Å². The highest BCUT2D eigenvalue weighted by Gasteiger charge is 2.12. The zero-order chi connectivity index (χ0) is 28.2. The minimum atomic E-state index is -0.943. The minimum Gasteiger partial charge on any atom is -0.488 e. The Balaban J connectivity index is 1.40. The molecule has 7 heteroatoms. The van der Waals surface area contributed by atoms with Gasteiger partial charge in [-0.25, -0.2) is 4.79 Å². The SMILES string of the molecule is O=C(O)CCCCC(/C=C/c1ccccc1OCc1ccc(N2CCOCC2)cc1)Cc1ccc(C(=O)O)cc1. The molecule has 210 valence electrons. The molecule has 1 aliphatic heterocycles. The van der Waals surface area contributed by atoms with Gasteiger partial charge in [-0.15, -0.1) is 0 Å². The van der Waals surface area contributed by atoms with Crippen LogP contribution in [0.1, 0.15) is 52.7 Å². The minimum absolute atomic E-state index is 0.161. The zero-order valence-corrected chi connectivity index (χ0v) is 22.7. The Hall–Kier alpha value is -4.10. The average molecular weight is 544 g/mol. The lowest BCUT2D eigenvalue weighted by atomic mass is 9.92. The molecule has 1 atom stereocenters. The molecule has 3 aromatic rings. The van der Waals surface area contributed by atoms with Crippen LogP contribution in [-0.2, 0) is 22.6 Å². The van der Waals surface area contributed by atoms with Crippen LogP contribution in [0.2, 0.25) is 0 Å². The summed E-state index contributed by atoms with van der Waals surface area (Å²) in [4.78, 5) is 24.5. The molecular weight excluding hydrogens is 506 g/mol. The number of nitrogens with zero attached hydrogens (tertiary/aromatic N) is 1. The molecule has 1 saturated heterocycles. The summed E-state index contributed by atoms with van der Waals surface area (Å²) in [5.41, 5.74) is 4.57. The van der Waals surface area contributed by atoms with Crippen molar-refractivity contribution in [2.45, 2.75) is 38.7 Å². The van der Waals surface area contributed by atoms with Crippen molar-refractivity contribution in [3.63, 3.8) is 0 Å². The van der Waals surface area contributed by atoms with Crippen LogP contribution >= 0.6 is 0 Å². The van der Waals surface area contributed by atoms with E-state index < -0.39 is 11.9 Å². The molecule has 1 unspecified atom stereocenters. The van der Waals surface area contributed by atoms with Crippen molar-refractivity contribution >= 4 is 23.7 Å². The van der Waals surface area contributed by atoms with Crippen molar-refractivity contribution in [2.75, 3.05) is 31.2 Å². The molecular formula is C33H37NO6. The molecule has 0 bridgehead atoms. The number of allylic oxidation sites excluding steroid dienone is 1. The van der Waals surface area contributed by atoms with Gasteiger partial charge >= 0.3 is 11.9 Å². The van der Waals surface area contributed by atoms with E-state index in [9.17, 15) is 14.7 Å². The van der Waals surface area contributed by atoms with E-state index in [0.717, 1.165) is 68.0 Å². The number of aliphatic carboxylic acids is 1. The van der Waals surface area contributed by atoms with E-state index in [4.69, 9.17) is 14.6 Å².